The second-order valence-corrected chi connectivity index (χ2v) is 3.43. The van der Waals surface area contributed by atoms with Gasteiger partial charge in [0.15, 0.2) is 0 Å². The predicted octanol–water partition coefficient (Wildman–Crippen LogP) is -1.20. The molecule has 0 aliphatic heterocycles. The SMILES string of the molecule is C=C[C@@H]1C[C@]1(N)C(=O)NS(=O)[O-].[Y]. The molecule has 3 N–H and O–H groups in total. The smallest absolute Gasteiger partial charge is 0.251 e. The van der Waals surface area contributed by atoms with Crippen molar-refractivity contribution in [1.82, 2.24) is 4.72 Å². The molecule has 71 valence electrons. The van der Waals surface area contributed by atoms with Gasteiger partial charge in [0.25, 0.3) is 5.91 Å². The van der Waals surface area contributed by atoms with E-state index in [9.17, 15) is 13.6 Å². The van der Waals surface area contributed by atoms with E-state index in [0.29, 0.717) is 6.42 Å². The third kappa shape index (κ3) is 2.92. The molecule has 0 aromatic heterocycles. The number of nitrogens with two attached hydrogens (primary N) is 1. The Morgan fingerprint density at radius 1 is 1.85 bits per heavy atom. The van der Waals surface area contributed by atoms with Crippen molar-refractivity contribution in [3.8, 4) is 0 Å². The van der Waals surface area contributed by atoms with Crippen molar-refractivity contribution in [2.45, 2.75) is 12.0 Å². The van der Waals surface area contributed by atoms with Gasteiger partial charge in [0.05, 0.1) is 0 Å². The first-order valence-electron chi connectivity index (χ1n) is 3.32. The van der Waals surface area contributed by atoms with Crippen LogP contribution >= 0.6 is 0 Å². The van der Waals surface area contributed by atoms with Gasteiger partial charge in [-0.1, -0.05) is 6.08 Å². The fraction of sp³-hybridized carbons (Fsp3) is 0.500. The van der Waals surface area contributed by atoms with Gasteiger partial charge in [0.1, 0.15) is 5.54 Å². The standard InChI is InChI=1S/C6H10N2O3S.Y/c1-2-4-3-6(4,7)5(9)8-12(10)11;/h2,4H,1,3,7H2,(H,8,9)(H,10,11);/p-1/t4-,6-;/m1./s1. The summed E-state index contributed by atoms with van der Waals surface area (Å²) in [5, 5.41) is 0. The number of carbonyl (C=O) groups excluding carboxylic acids is 1. The quantitative estimate of drug-likeness (QED) is 0.500. The average Bonchev–Trinajstić information content (AvgIpc) is 2.62. The molecule has 3 atom stereocenters. The second-order valence-electron chi connectivity index (χ2n) is 2.75. The molecule has 0 bridgehead atoms. The number of hydrogen-bond donors (Lipinski definition) is 2. The first kappa shape index (κ1) is 13.4. The minimum absolute atomic E-state index is 0. The zero-order chi connectivity index (χ0) is 9.35. The van der Waals surface area contributed by atoms with Crippen LogP contribution < -0.4 is 10.5 Å². The van der Waals surface area contributed by atoms with Crippen LogP contribution in [0.5, 0.6) is 0 Å². The van der Waals surface area contributed by atoms with Gasteiger partial charge in [0.2, 0.25) is 0 Å². The Balaban J connectivity index is 0.00000144. The van der Waals surface area contributed by atoms with Crippen molar-refractivity contribution in [1.29, 1.82) is 0 Å². The van der Waals surface area contributed by atoms with Crippen molar-refractivity contribution in [3.63, 3.8) is 0 Å². The maximum absolute atomic E-state index is 11.0. The molecular weight excluding hydrogens is 269 g/mol. The van der Waals surface area contributed by atoms with Gasteiger partial charge in [-0.15, -0.1) is 6.58 Å². The molecule has 0 spiro atoms. The topological polar surface area (TPSA) is 95.2 Å². The van der Waals surface area contributed by atoms with Gasteiger partial charge < -0.3 is 10.3 Å². The summed E-state index contributed by atoms with van der Waals surface area (Å²) in [6.45, 7) is 3.47. The van der Waals surface area contributed by atoms with Gasteiger partial charge in [-0.3, -0.25) is 13.7 Å². The van der Waals surface area contributed by atoms with Gasteiger partial charge in [0, 0.05) is 49.9 Å². The Hall–Kier alpha value is 0.384. The van der Waals surface area contributed by atoms with Crippen LogP contribution in [0.15, 0.2) is 12.7 Å². The molecule has 1 aliphatic rings. The minimum atomic E-state index is -2.58. The molecule has 0 heterocycles. The summed E-state index contributed by atoms with van der Waals surface area (Å²) in [5.41, 5.74) is 4.48. The Morgan fingerprint density at radius 2 is 2.38 bits per heavy atom. The van der Waals surface area contributed by atoms with E-state index < -0.39 is 22.7 Å². The van der Waals surface area contributed by atoms with E-state index in [1.165, 1.54) is 0 Å². The van der Waals surface area contributed by atoms with Gasteiger partial charge in [-0.2, -0.15) is 0 Å². The first-order valence-corrected chi connectivity index (χ1v) is 4.40. The van der Waals surface area contributed by atoms with E-state index in [1.54, 1.807) is 10.8 Å². The van der Waals surface area contributed by atoms with Crippen molar-refractivity contribution in [3.05, 3.63) is 12.7 Å². The molecule has 1 amide bonds. The molecule has 1 rings (SSSR count). The first-order chi connectivity index (χ1) is 5.50. The maximum Gasteiger partial charge on any atom is 0.251 e. The van der Waals surface area contributed by atoms with Crippen molar-refractivity contribution >= 4 is 17.2 Å². The van der Waals surface area contributed by atoms with Crippen LogP contribution in [0.1, 0.15) is 6.42 Å². The van der Waals surface area contributed by atoms with Crippen LogP contribution in [-0.2, 0) is 48.8 Å². The molecule has 1 aliphatic carbocycles. The Bertz CT molecular complexity index is 260. The van der Waals surface area contributed by atoms with Gasteiger partial charge >= 0.3 is 0 Å². The van der Waals surface area contributed by atoms with E-state index in [1.807, 2.05) is 0 Å². The molecule has 0 saturated heterocycles. The number of amides is 1. The Labute approximate surface area is 104 Å². The third-order valence-electron chi connectivity index (χ3n) is 1.94. The van der Waals surface area contributed by atoms with Crippen LogP contribution in [-0.4, -0.2) is 20.2 Å². The van der Waals surface area contributed by atoms with Crippen LogP contribution in [0.4, 0.5) is 0 Å². The van der Waals surface area contributed by atoms with Crippen molar-refractivity contribution in [2.75, 3.05) is 0 Å². The number of carbonyl (C=O) groups is 1. The summed E-state index contributed by atoms with van der Waals surface area (Å²) < 4.78 is 21.8. The summed E-state index contributed by atoms with van der Waals surface area (Å²) in [6.07, 6.45) is 2.01. The fourth-order valence-corrected chi connectivity index (χ4v) is 1.37. The van der Waals surface area contributed by atoms with Gasteiger partial charge in [-0.25, -0.2) is 0 Å². The van der Waals surface area contributed by atoms with E-state index in [-0.39, 0.29) is 38.6 Å². The van der Waals surface area contributed by atoms with E-state index in [2.05, 4.69) is 6.58 Å². The normalized spacial score (nSPS) is 32.6. The average molecular weight is 278 g/mol. The molecule has 7 heteroatoms. The van der Waals surface area contributed by atoms with Crippen molar-refractivity contribution in [2.24, 2.45) is 11.7 Å². The predicted molar refractivity (Wildman–Crippen MR) is 42.3 cm³/mol. The summed E-state index contributed by atoms with van der Waals surface area (Å²) in [6, 6.07) is 0. The Morgan fingerprint density at radius 3 is 2.69 bits per heavy atom. The van der Waals surface area contributed by atoms with Crippen molar-refractivity contribution < 1.29 is 46.3 Å². The summed E-state index contributed by atoms with van der Waals surface area (Å²) >= 11 is -2.58. The summed E-state index contributed by atoms with van der Waals surface area (Å²) in [7, 11) is 0. The molecule has 0 aromatic rings. The van der Waals surface area contributed by atoms with Crippen LogP contribution in [0.2, 0.25) is 0 Å². The number of rotatable bonds is 3. The maximum atomic E-state index is 11.0. The molecule has 1 saturated carbocycles. The molecular formula is C6H9N2O3SY-. The van der Waals surface area contributed by atoms with E-state index in [4.69, 9.17) is 5.73 Å². The zero-order valence-corrected chi connectivity index (χ0v) is 10.5. The minimum Gasteiger partial charge on any atom is -0.755 e. The molecule has 1 radical (unpaired) electrons. The Kier molecular flexibility index (Phi) is 4.89. The fourth-order valence-electron chi connectivity index (χ4n) is 1.03. The monoisotopic (exact) mass is 278 g/mol. The van der Waals surface area contributed by atoms with Gasteiger partial charge in [-0.05, 0) is 6.42 Å². The number of nitrogens with one attached hydrogen (secondary N) is 1. The molecule has 13 heavy (non-hydrogen) atoms. The second kappa shape index (κ2) is 4.75. The summed E-state index contributed by atoms with van der Waals surface area (Å²) in [4.78, 5) is 11.0. The van der Waals surface area contributed by atoms with E-state index >= 15 is 0 Å². The largest absolute Gasteiger partial charge is 0.755 e. The van der Waals surface area contributed by atoms with Crippen LogP contribution in [0.25, 0.3) is 0 Å². The molecule has 1 fully saturated rings. The summed E-state index contributed by atoms with van der Waals surface area (Å²) in [5.74, 6) is -0.776. The van der Waals surface area contributed by atoms with E-state index in [0.717, 1.165) is 0 Å². The third-order valence-corrected chi connectivity index (χ3v) is 2.29. The van der Waals surface area contributed by atoms with Crippen LogP contribution in [0, 0.1) is 5.92 Å². The van der Waals surface area contributed by atoms with Crippen LogP contribution in [0.3, 0.4) is 0 Å². The molecule has 5 nitrogen and oxygen atoms in total. The number of hydrogen-bond acceptors (Lipinski definition) is 4. The molecule has 1 unspecified atom stereocenters. The zero-order valence-electron chi connectivity index (χ0n) is 6.86. The molecule has 0 aromatic carbocycles.